The number of benzene rings is 1. The Kier molecular flexibility index (Phi) is 5.10. The Morgan fingerprint density at radius 2 is 1.75 bits per heavy atom. The summed E-state index contributed by atoms with van der Waals surface area (Å²) in [7, 11) is 1.25. The van der Waals surface area contributed by atoms with Gasteiger partial charge in [0.15, 0.2) is 0 Å². The molecule has 0 spiro atoms. The normalized spacial score (nSPS) is 11.1. The van der Waals surface area contributed by atoms with Crippen LogP contribution in [0.3, 0.4) is 0 Å². The molecule has 2 N–H and O–H groups in total. The Morgan fingerprint density at radius 1 is 1.15 bits per heavy atom. The van der Waals surface area contributed by atoms with Crippen molar-refractivity contribution in [3.63, 3.8) is 0 Å². The monoisotopic (exact) mass is 280 g/mol. The number of carbonyl (C=O) groups is 2. The summed E-state index contributed by atoms with van der Waals surface area (Å²) in [6.07, 6.45) is -0.448. The van der Waals surface area contributed by atoms with Crippen LogP contribution in [0.1, 0.15) is 31.1 Å². The Balaban J connectivity index is 2.83. The molecule has 1 aromatic rings. The van der Waals surface area contributed by atoms with E-state index in [1.165, 1.54) is 19.2 Å². The van der Waals surface area contributed by atoms with E-state index in [1.807, 2.05) is 0 Å². The SMILES string of the molecule is COC(=O)c1ccccc1O[C](N)C(=O)OC(C)(C)C. The third kappa shape index (κ3) is 4.55. The first-order valence-corrected chi connectivity index (χ1v) is 5.95. The zero-order valence-electron chi connectivity index (χ0n) is 11.9. The number of esters is 2. The van der Waals surface area contributed by atoms with Gasteiger partial charge in [-0.3, -0.25) is 5.73 Å². The highest BCUT2D eigenvalue weighted by atomic mass is 16.6. The highest BCUT2D eigenvalue weighted by molar-refractivity contribution is 5.92. The van der Waals surface area contributed by atoms with E-state index in [0.717, 1.165) is 0 Å². The van der Waals surface area contributed by atoms with Crippen LogP contribution in [0.4, 0.5) is 0 Å². The molecule has 0 saturated carbocycles. The van der Waals surface area contributed by atoms with Gasteiger partial charge in [-0.1, -0.05) is 12.1 Å². The number of rotatable bonds is 4. The van der Waals surface area contributed by atoms with E-state index < -0.39 is 23.8 Å². The standard InChI is InChI=1S/C14H18NO5/c1-14(2,3)20-13(17)11(15)19-10-8-6-5-7-9(10)12(16)18-4/h5-8H,15H2,1-4H3. The summed E-state index contributed by atoms with van der Waals surface area (Å²) in [4.78, 5) is 23.2. The maximum atomic E-state index is 11.7. The Hall–Kier alpha value is -2.08. The lowest BCUT2D eigenvalue weighted by Gasteiger charge is -2.21. The van der Waals surface area contributed by atoms with Crippen molar-refractivity contribution >= 4 is 11.9 Å². The summed E-state index contributed by atoms with van der Waals surface area (Å²) in [5.74, 6) is -1.25. The maximum Gasteiger partial charge on any atom is 0.373 e. The summed E-state index contributed by atoms with van der Waals surface area (Å²) in [5.41, 5.74) is 5.02. The second-order valence-corrected chi connectivity index (χ2v) is 4.96. The molecule has 6 nitrogen and oxygen atoms in total. The van der Waals surface area contributed by atoms with Crippen molar-refractivity contribution in [2.45, 2.75) is 26.4 Å². The molecule has 1 radical (unpaired) electrons. The van der Waals surface area contributed by atoms with Crippen molar-refractivity contribution in [3.05, 3.63) is 36.1 Å². The average molecular weight is 280 g/mol. The maximum absolute atomic E-state index is 11.7. The topological polar surface area (TPSA) is 87.9 Å². The zero-order valence-corrected chi connectivity index (χ0v) is 11.9. The number of hydrogen-bond acceptors (Lipinski definition) is 6. The van der Waals surface area contributed by atoms with Gasteiger partial charge in [0.1, 0.15) is 16.9 Å². The molecule has 1 rings (SSSR count). The van der Waals surface area contributed by atoms with Gasteiger partial charge in [-0.25, -0.2) is 9.59 Å². The van der Waals surface area contributed by atoms with E-state index >= 15 is 0 Å². The molecule has 0 unspecified atom stereocenters. The molecule has 0 aliphatic rings. The molecule has 1 aromatic carbocycles. The molecule has 6 heteroatoms. The van der Waals surface area contributed by atoms with Crippen LogP contribution in [-0.4, -0.2) is 24.6 Å². The van der Waals surface area contributed by atoms with Crippen molar-refractivity contribution < 1.29 is 23.8 Å². The van der Waals surface area contributed by atoms with Gasteiger partial charge >= 0.3 is 18.2 Å². The summed E-state index contributed by atoms with van der Waals surface area (Å²) in [5, 5.41) is 0. The van der Waals surface area contributed by atoms with Crippen LogP contribution in [0.25, 0.3) is 0 Å². The number of methoxy groups -OCH3 is 1. The van der Waals surface area contributed by atoms with Crippen molar-refractivity contribution in [1.82, 2.24) is 0 Å². The van der Waals surface area contributed by atoms with Gasteiger partial charge in [0.2, 0.25) is 0 Å². The van der Waals surface area contributed by atoms with Gasteiger partial charge in [-0.2, -0.15) is 0 Å². The largest absolute Gasteiger partial charge is 0.465 e. The van der Waals surface area contributed by atoms with Gasteiger partial charge in [0, 0.05) is 0 Å². The van der Waals surface area contributed by atoms with Gasteiger partial charge < -0.3 is 14.2 Å². The molecule has 0 aliphatic carbocycles. The molecule has 109 valence electrons. The Labute approximate surface area is 117 Å². The van der Waals surface area contributed by atoms with Crippen molar-refractivity contribution in [2.75, 3.05) is 7.11 Å². The number of para-hydroxylation sites is 1. The number of nitrogens with two attached hydrogens (primary N) is 1. The Bertz CT molecular complexity index is 493. The van der Waals surface area contributed by atoms with E-state index in [2.05, 4.69) is 4.74 Å². The first kappa shape index (κ1) is 16.0. The fourth-order valence-corrected chi connectivity index (χ4v) is 1.32. The summed E-state index contributed by atoms with van der Waals surface area (Å²) >= 11 is 0. The van der Waals surface area contributed by atoms with Gasteiger partial charge in [0.25, 0.3) is 0 Å². The van der Waals surface area contributed by atoms with Crippen LogP contribution in [-0.2, 0) is 14.3 Å². The predicted octanol–water partition coefficient (Wildman–Crippen LogP) is 1.64. The molecule has 0 heterocycles. The van der Waals surface area contributed by atoms with Crippen LogP contribution in [0.15, 0.2) is 24.3 Å². The molecular formula is C14H18NO5. The van der Waals surface area contributed by atoms with E-state index in [9.17, 15) is 9.59 Å². The van der Waals surface area contributed by atoms with Gasteiger partial charge in [0.05, 0.1) is 7.11 Å². The number of ether oxygens (including phenoxy) is 3. The summed E-state index contributed by atoms with van der Waals surface area (Å²) < 4.78 is 14.9. The third-order valence-corrected chi connectivity index (χ3v) is 2.11. The summed E-state index contributed by atoms with van der Waals surface area (Å²) in [6.45, 7) is 5.13. The number of carbonyl (C=O) groups excluding carboxylic acids is 2. The lowest BCUT2D eigenvalue weighted by Crippen LogP contribution is -2.35. The van der Waals surface area contributed by atoms with Crippen molar-refractivity contribution in [1.29, 1.82) is 0 Å². The lowest BCUT2D eigenvalue weighted by molar-refractivity contribution is -0.156. The molecule has 0 fully saturated rings. The van der Waals surface area contributed by atoms with E-state index in [-0.39, 0.29) is 11.3 Å². The molecule has 0 saturated heterocycles. The van der Waals surface area contributed by atoms with Gasteiger partial charge in [-0.05, 0) is 32.9 Å². The van der Waals surface area contributed by atoms with E-state index in [1.54, 1.807) is 32.9 Å². The second kappa shape index (κ2) is 6.38. The molecule has 0 bridgehead atoms. The lowest BCUT2D eigenvalue weighted by atomic mass is 10.2. The molecular weight excluding hydrogens is 262 g/mol. The van der Waals surface area contributed by atoms with Crippen LogP contribution in [0, 0.1) is 6.23 Å². The first-order chi connectivity index (χ1) is 9.24. The van der Waals surface area contributed by atoms with Crippen LogP contribution < -0.4 is 10.5 Å². The van der Waals surface area contributed by atoms with E-state index in [4.69, 9.17) is 15.2 Å². The average Bonchev–Trinajstić information content (AvgIpc) is 2.36. The molecule has 20 heavy (non-hydrogen) atoms. The quantitative estimate of drug-likeness (QED) is 0.843. The predicted molar refractivity (Wildman–Crippen MR) is 71.7 cm³/mol. The fraction of sp³-hybridized carbons (Fsp3) is 0.357. The van der Waals surface area contributed by atoms with Crippen LogP contribution >= 0.6 is 0 Å². The number of hydrogen-bond donors (Lipinski definition) is 1. The highest BCUT2D eigenvalue weighted by Crippen LogP contribution is 2.22. The highest BCUT2D eigenvalue weighted by Gasteiger charge is 2.26. The van der Waals surface area contributed by atoms with E-state index in [0.29, 0.717) is 0 Å². The molecule has 0 aliphatic heterocycles. The smallest absolute Gasteiger partial charge is 0.373 e. The van der Waals surface area contributed by atoms with Crippen molar-refractivity contribution in [2.24, 2.45) is 5.73 Å². The van der Waals surface area contributed by atoms with Crippen LogP contribution in [0.2, 0.25) is 0 Å². The fourth-order valence-electron chi connectivity index (χ4n) is 1.32. The zero-order chi connectivity index (χ0) is 15.3. The molecule has 0 atom stereocenters. The Morgan fingerprint density at radius 3 is 2.30 bits per heavy atom. The third-order valence-electron chi connectivity index (χ3n) is 2.11. The van der Waals surface area contributed by atoms with Crippen LogP contribution in [0.5, 0.6) is 5.75 Å². The van der Waals surface area contributed by atoms with Crippen molar-refractivity contribution in [3.8, 4) is 5.75 Å². The first-order valence-electron chi connectivity index (χ1n) is 5.95. The molecule has 0 aromatic heterocycles. The summed E-state index contributed by atoms with van der Waals surface area (Å²) in [6, 6.07) is 6.29. The minimum Gasteiger partial charge on any atom is -0.465 e. The molecule has 0 amide bonds. The second-order valence-electron chi connectivity index (χ2n) is 4.96. The minimum atomic E-state index is -0.794. The van der Waals surface area contributed by atoms with Gasteiger partial charge in [-0.15, -0.1) is 0 Å². The minimum absolute atomic E-state index is 0.128.